The van der Waals surface area contributed by atoms with E-state index in [0.29, 0.717) is 6.42 Å². The highest BCUT2D eigenvalue weighted by atomic mass is 33.1. The molecule has 3 aromatic rings. The van der Waals surface area contributed by atoms with Gasteiger partial charge in [0.1, 0.15) is 5.82 Å². The lowest BCUT2D eigenvalue weighted by atomic mass is 10.0. The molecule has 0 bridgehead atoms. The monoisotopic (exact) mass is 439 g/mol. The lowest BCUT2D eigenvalue weighted by Gasteiger charge is -2.19. The summed E-state index contributed by atoms with van der Waals surface area (Å²) in [7, 11) is 6.04. The van der Waals surface area contributed by atoms with Gasteiger partial charge in [0, 0.05) is 24.5 Å². The van der Waals surface area contributed by atoms with E-state index in [9.17, 15) is 4.79 Å². The number of hydrogen-bond acceptors (Lipinski definition) is 4. The van der Waals surface area contributed by atoms with Gasteiger partial charge in [-0.1, -0.05) is 70.5 Å². The van der Waals surface area contributed by atoms with Crippen LogP contribution in [0.1, 0.15) is 49.5 Å². The maximum absolute atomic E-state index is 12.8. The van der Waals surface area contributed by atoms with Gasteiger partial charge < -0.3 is 9.88 Å². The van der Waals surface area contributed by atoms with Crippen LogP contribution in [0.4, 0.5) is 0 Å². The quantitative estimate of drug-likeness (QED) is 0.344. The lowest BCUT2D eigenvalue weighted by molar-refractivity contribution is -0.122. The minimum absolute atomic E-state index is 0.122. The number of amides is 1. The van der Waals surface area contributed by atoms with Crippen molar-refractivity contribution in [2.75, 3.05) is 5.75 Å². The molecule has 4 rings (SSSR count). The van der Waals surface area contributed by atoms with Crippen LogP contribution < -0.4 is 5.32 Å². The lowest BCUT2D eigenvalue weighted by Crippen LogP contribution is -2.31. The first-order valence-corrected chi connectivity index (χ1v) is 13.1. The van der Waals surface area contributed by atoms with Crippen LogP contribution in [-0.4, -0.2) is 26.5 Å². The number of unbranched alkanes of at least 4 members (excludes halogenated alkanes) is 1. The van der Waals surface area contributed by atoms with E-state index in [1.807, 2.05) is 65.0 Å². The fourth-order valence-electron chi connectivity index (χ4n) is 4.02. The van der Waals surface area contributed by atoms with Gasteiger partial charge in [0.2, 0.25) is 5.91 Å². The second-order valence-electron chi connectivity index (χ2n) is 7.90. The van der Waals surface area contributed by atoms with E-state index in [4.69, 9.17) is 4.98 Å². The van der Waals surface area contributed by atoms with E-state index >= 15 is 0 Å². The molecule has 1 aromatic heterocycles. The Morgan fingerprint density at radius 2 is 1.97 bits per heavy atom. The first-order chi connectivity index (χ1) is 14.7. The molecule has 2 aromatic carbocycles. The third-order valence-corrected chi connectivity index (χ3v) is 8.67. The summed E-state index contributed by atoms with van der Waals surface area (Å²) < 4.78 is 2.11. The van der Waals surface area contributed by atoms with Gasteiger partial charge >= 0.3 is 0 Å². The van der Waals surface area contributed by atoms with Crippen LogP contribution in [0.25, 0.3) is 11.0 Å². The van der Waals surface area contributed by atoms with Gasteiger partial charge in [-0.25, -0.2) is 4.98 Å². The molecule has 1 aliphatic rings. The summed E-state index contributed by atoms with van der Waals surface area (Å²) in [5.74, 6) is 2.30. The largest absolute Gasteiger partial charge is 0.346 e. The van der Waals surface area contributed by atoms with Crippen molar-refractivity contribution >= 4 is 38.5 Å². The molecule has 1 unspecified atom stereocenters. The third kappa shape index (κ3) is 5.41. The predicted octanol–water partition coefficient (Wildman–Crippen LogP) is 5.69. The van der Waals surface area contributed by atoms with Crippen molar-refractivity contribution < 1.29 is 4.79 Å². The number of para-hydroxylation sites is 2. The minimum atomic E-state index is -0.140. The van der Waals surface area contributed by atoms with Crippen LogP contribution in [0.3, 0.4) is 0 Å². The van der Waals surface area contributed by atoms with E-state index in [2.05, 4.69) is 28.1 Å². The maximum Gasteiger partial charge on any atom is 0.220 e. The average molecular weight is 440 g/mol. The van der Waals surface area contributed by atoms with E-state index < -0.39 is 0 Å². The van der Waals surface area contributed by atoms with Crippen molar-refractivity contribution in [3.05, 3.63) is 66.0 Å². The molecule has 0 radical (unpaired) electrons. The molecule has 0 spiro atoms. The van der Waals surface area contributed by atoms with Gasteiger partial charge in [0.05, 0.1) is 17.1 Å². The Morgan fingerprint density at radius 3 is 2.73 bits per heavy atom. The molecule has 0 saturated carbocycles. The number of nitrogens with zero attached hydrogens (tertiary/aromatic N) is 2. The average Bonchev–Trinajstić information content (AvgIpc) is 3.40. The Labute approximate surface area is 186 Å². The summed E-state index contributed by atoms with van der Waals surface area (Å²) in [6.45, 7) is 0. The zero-order chi connectivity index (χ0) is 20.8. The molecule has 4 nitrogen and oxygen atoms in total. The Kier molecular flexibility index (Phi) is 7.39. The second-order valence-corrected chi connectivity index (χ2v) is 10.7. The van der Waals surface area contributed by atoms with Crippen LogP contribution in [-0.2, 0) is 18.3 Å². The minimum Gasteiger partial charge on any atom is -0.346 e. The molecule has 1 aliphatic heterocycles. The molecule has 1 amide bonds. The van der Waals surface area contributed by atoms with E-state index in [0.717, 1.165) is 41.4 Å². The Morgan fingerprint density at radius 1 is 1.17 bits per heavy atom. The van der Waals surface area contributed by atoms with E-state index in [-0.39, 0.29) is 11.9 Å². The number of carbonyl (C=O) groups excluding carboxylic acids is 1. The smallest absolute Gasteiger partial charge is 0.220 e. The number of imidazole rings is 1. The molecular formula is C24H29N3OS2. The summed E-state index contributed by atoms with van der Waals surface area (Å²) in [6, 6.07) is 18.3. The van der Waals surface area contributed by atoms with Gasteiger partial charge in [-0.3, -0.25) is 4.79 Å². The molecule has 1 saturated heterocycles. The normalized spacial score (nSPS) is 17.3. The summed E-state index contributed by atoms with van der Waals surface area (Å²) in [4.78, 5) is 17.6. The first kappa shape index (κ1) is 21.3. The maximum atomic E-state index is 12.8. The SMILES string of the molecule is Cn1c([C@H](Cc2ccccc2)NC(=O)CCCCC2CCSS2)nc2ccccc21. The molecule has 0 aliphatic carbocycles. The Hall–Kier alpha value is -1.92. The zero-order valence-corrected chi connectivity index (χ0v) is 19.1. The number of benzene rings is 2. The van der Waals surface area contributed by atoms with Crippen molar-refractivity contribution in [2.24, 2.45) is 7.05 Å². The van der Waals surface area contributed by atoms with Gasteiger partial charge in [-0.05, 0) is 43.4 Å². The van der Waals surface area contributed by atoms with Crippen molar-refractivity contribution in [1.82, 2.24) is 14.9 Å². The first-order valence-electron chi connectivity index (χ1n) is 10.7. The van der Waals surface area contributed by atoms with Crippen LogP contribution in [0.15, 0.2) is 54.6 Å². The molecule has 158 valence electrons. The number of nitrogens with one attached hydrogen (secondary N) is 1. The summed E-state index contributed by atoms with van der Waals surface area (Å²) in [5, 5.41) is 4.06. The third-order valence-electron chi connectivity index (χ3n) is 5.66. The summed E-state index contributed by atoms with van der Waals surface area (Å²) in [5.41, 5.74) is 3.26. The van der Waals surface area contributed by atoms with Crippen molar-refractivity contribution in [2.45, 2.75) is 49.8 Å². The molecule has 1 N–H and O–H groups in total. The van der Waals surface area contributed by atoms with Gasteiger partial charge in [-0.2, -0.15) is 0 Å². The predicted molar refractivity (Wildman–Crippen MR) is 129 cm³/mol. The molecule has 2 heterocycles. The van der Waals surface area contributed by atoms with E-state index in [1.165, 1.54) is 24.2 Å². The highest BCUT2D eigenvalue weighted by molar-refractivity contribution is 8.77. The molecule has 1 fully saturated rings. The second kappa shape index (κ2) is 10.4. The molecule has 6 heteroatoms. The van der Waals surface area contributed by atoms with Crippen molar-refractivity contribution in [3.63, 3.8) is 0 Å². The summed E-state index contributed by atoms with van der Waals surface area (Å²) >= 11 is 0. The zero-order valence-electron chi connectivity index (χ0n) is 17.4. The van der Waals surface area contributed by atoms with Crippen LogP contribution in [0.5, 0.6) is 0 Å². The van der Waals surface area contributed by atoms with Crippen LogP contribution >= 0.6 is 21.6 Å². The number of hydrogen-bond donors (Lipinski definition) is 1. The highest BCUT2D eigenvalue weighted by Gasteiger charge is 2.21. The highest BCUT2D eigenvalue weighted by Crippen LogP contribution is 2.39. The Balaban J connectivity index is 1.43. The van der Waals surface area contributed by atoms with Crippen LogP contribution in [0, 0.1) is 0 Å². The van der Waals surface area contributed by atoms with Gasteiger partial charge in [-0.15, -0.1) is 0 Å². The number of fused-ring (bicyclic) bond motifs is 1. The number of rotatable bonds is 9. The topological polar surface area (TPSA) is 46.9 Å². The Bertz CT molecular complexity index is 967. The van der Waals surface area contributed by atoms with Crippen LogP contribution in [0.2, 0.25) is 0 Å². The summed E-state index contributed by atoms with van der Waals surface area (Å²) in [6.07, 6.45) is 5.94. The van der Waals surface area contributed by atoms with E-state index in [1.54, 1.807) is 0 Å². The molecule has 2 atom stereocenters. The number of carbonyl (C=O) groups is 1. The van der Waals surface area contributed by atoms with Crippen molar-refractivity contribution in [3.8, 4) is 0 Å². The van der Waals surface area contributed by atoms with Crippen molar-refractivity contribution in [1.29, 1.82) is 0 Å². The molecule has 30 heavy (non-hydrogen) atoms. The fraction of sp³-hybridized carbons (Fsp3) is 0.417. The standard InChI is InChI=1S/C24H29N3OS2/c1-27-22-13-7-6-12-20(22)26-24(27)21(17-18-9-3-2-4-10-18)25-23(28)14-8-5-11-19-15-16-29-30-19/h2-4,6-7,9-10,12-13,19,21H,5,8,11,14-17H2,1H3,(H,25,28)/t19?,21-/m0/s1. The fourth-order valence-corrected chi connectivity index (χ4v) is 7.05. The van der Waals surface area contributed by atoms with Gasteiger partial charge in [0.25, 0.3) is 0 Å². The van der Waals surface area contributed by atoms with Gasteiger partial charge in [0.15, 0.2) is 0 Å². The molecular weight excluding hydrogens is 410 g/mol. The number of aryl methyl sites for hydroxylation is 1. The number of aromatic nitrogens is 2.